The molecule has 6 nitrogen and oxygen atoms in total. The van der Waals surface area contributed by atoms with Gasteiger partial charge in [-0.3, -0.25) is 4.68 Å². The summed E-state index contributed by atoms with van der Waals surface area (Å²) in [5.74, 6) is -6.91. The molecule has 3 aromatic rings. The zero-order valence-corrected chi connectivity index (χ0v) is 14.9. The number of hydrogen-bond acceptors (Lipinski definition) is 3. The topological polar surface area (TPSA) is 53.5 Å². The summed E-state index contributed by atoms with van der Waals surface area (Å²) in [5, 5.41) is 10.6. The normalized spacial score (nSPS) is 13.3. The van der Waals surface area contributed by atoms with Crippen LogP contribution >= 0.6 is 0 Å². The van der Waals surface area contributed by atoms with Crippen molar-refractivity contribution >= 4 is 0 Å². The zero-order chi connectivity index (χ0) is 21.9. The second-order valence-corrected chi connectivity index (χ2v) is 6.21. The Kier molecular flexibility index (Phi) is 4.51. The van der Waals surface area contributed by atoms with E-state index in [1.165, 1.54) is 4.68 Å². The molecule has 0 saturated heterocycles. The average molecular weight is 428 g/mol. The third-order valence-electron chi connectivity index (χ3n) is 4.16. The highest BCUT2D eigenvalue weighted by atomic mass is 19.4. The Morgan fingerprint density at radius 2 is 1.52 bits per heavy atom. The standard InChI is InChI=1S/C15H12F8N6/c1-7-4-9(25-27(7)2)8-5-24-29(6-8)12-10(14(18,19)20)11(26-28(12)3)13(16,17)15(21,22)23/h4-6H,1-3H3. The first kappa shape index (κ1) is 20.8. The van der Waals surface area contributed by atoms with Crippen LogP contribution in [0.25, 0.3) is 17.1 Å². The van der Waals surface area contributed by atoms with Gasteiger partial charge in [-0.2, -0.15) is 50.4 Å². The predicted molar refractivity (Wildman–Crippen MR) is 82.2 cm³/mol. The van der Waals surface area contributed by atoms with Crippen molar-refractivity contribution < 1.29 is 35.1 Å². The van der Waals surface area contributed by atoms with Crippen molar-refractivity contribution in [1.29, 1.82) is 0 Å². The number of aryl methyl sites for hydroxylation is 3. The van der Waals surface area contributed by atoms with E-state index in [-0.39, 0.29) is 10.2 Å². The predicted octanol–water partition coefficient (Wildman–Crippen LogP) is 3.99. The molecule has 0 saturated carbocycles. The molecule has 0 N–H and O–H groups in total. The smallest absolute Gasteiger partial charge is 0.272 e. The third-order valence-corrected chi connectivity index (χ3v) is 4.16. The lowest BCUT2D eigenvalue weighted by Gasteiger charge is -2.19. The van der Waals surface area contributed by atoms with Crippen LogP contribution in [0.15, 0.2) is 18.5 Å². The first-order chi connectivity index (χ1) is 13.1. The molecular formula is C15H12F8N6. The van der Waals surface area contributed by atoms with E-state index in [9.17, 15) is 35.1 Å². The number of alkyl halides is 8. The number of halogens is 8. The summed E-state index contributed by atoms with van der Waals surface area (Å²) in [7, 11) is 2.43. The van der Waals surface area contributed by atoms with Crippen molar-refractivity contribution in [2.75, 3.05) is 0 Å². The summed E-state index contributed by atoms with van der Waals surface area (Å²) in [6.45, 7) is 1.72. The summed E-state index contributed by atoms with van der Waals surface area (Å²) in [6.07, 6.45) is -9.68. The van der Waals surface area contributed by atoms with Crippen LogP contribution in [0, 0.1) is 6.92 Å². The summed E-state index contributed by atoms with van der Waals surface area (Å²) in [4.78, 5) is 0. The van der Waals surface area contributed by atoms with Crippen LogP contribution in [0.4, 0.5) is 35.1 Å². The molecular weight excluding hydrogens is 416 g/mol. The van der Waals surface area contributed by atoms with Gasteiger partial charge in [0.15, 0.2) is 11.5 Å². The Morgan fingerprint density at radius 1 is 0.897 bits per heavy atom. The lowest BCUT2D eigenvalue weighted by atomic mass is 10.1. The second kappa shape index (κ2) is 6.29. The second-order valence-electron chi connectivity index (χ2n) is 6.21. The van der Waals surface area contributed by atoms with Crippen molar-refractivity contribution in [2.24, 2.45) is 14.1 Å². The molecule has 0 unspecified atom stereocenters. The van der Waals surface area contributed by atoms with E-state index in [0.29, 0.717) is 10.4 Å². The number of hydrogen-bond donors (Lipinski definition) is 0. The largest absolute Gasteiger partial charge is 0.459 e. The molecule has 3 heterocycles. The highest BCUT2D eigenvalue weighted by molar-refractivity contribution is 5.58. The molecule has 0 aromatic carbocycles. The van der Waals surface area contributed by atoms with Crippen molar-refractivity contribution in [3.8, 4) is 17.1 Å². The van der Waals surface area contributed by atoms with Crippen molar-refractivity contribution in [1.82, 2.24) is 29.3 Å². The van der Waals surface area contributed by atoms with E-state index in [0.717, 1.165) is 25.1 Å². The van der Waals surface area contributed by atoms with Crippen molar-refractivity contribution in [3.05, 3.63) is 35.4 Å². The summed E-state index contributed by atoms with van der Waals surface area (Å²) >= 11 is 0. The molecule has 0 aliphatic carbocycles. The van der Waals surface area contributed by atoms with E-state index >= 15 is 0 Å². The van der Waals surface area contributed by atoms with E-state index < -0.39 is 35.4 Å². The zero-order valence-electron chi connectivity index (χ0n) is 14.9. The fraction of sp³-hybridized carbons (Fsp3) is 0.400. The lowest BCUT2D eigenvalue weighted by Crippen LogP contribution is -2.36. The lowest BCUT2D eigenvalue weighted by molar-refractivity contribution is -0.292. The minimum Gasteiger partial charge on any atom is -0.272 e. The summed E-state index contributed by atoms with van der Waals surface area (Å²) in [5.41, 5.74) is -3.40. The Labute approximate surface area is 157 Å². The minimum absolute atomic E-state index is 0.229. The highest BCUT2D eigenvalue weighted by Crippen LogP contribution is 2.49. The van der Waals surface area contributed by atoms with Gasteiger partial charge < -0.3 is 0 Å². The van der Waals surface area contributed by atoms with E-state index in [1.807, 2.05) is 0 Å². The van der Waals surface area contributed by atoms with E-state index in [2.05, 4.69) is 15.3 Å². The SMILES string of the molecule is Cc1cc(-c2cnn(-c3c(C(F)(F)F)c(C(F)(F)C(F)(F)F)nn3C)c2)nn1C. The minimum atomic E-state index is -6.26. The molecule has 3 rings (SSSR count). The van der Waals surface area contributed by atoms with Crippen molar-refractivity contribution in [3.63, 3.8) is 0 Å². The molecule has 0 aliphatic rings. The molecule has 3 aromatic heterocycles. The van der Waals surface area contributed by atoms with Gasteiger partial charge in [0.2, 0.25) is 0 Å². The molecule has 14 heteroatoms. The van der Waals surface area contributed by atoms with Crippen LogP contribution in [0.5, 0.6) is 0 Å². The van der Waals surface area contributed by atoms with Gasteiger partial charge in [0.05, 0.1) is 11.9 Å². The number of nitrogens with zero attached hydrogens (tertiary/aromatic N) is 6. The molecule has 0 bridgehead atoms. The fourth-order valence-corrected chi connectivity index (χ4v) is 2.67. The summed E-state index contributed by atoms with van der Waals surface area (Å²) < 4.78 is 108. The van der Waals surface area contributed by atoms with E-state index in [1.54, 1.807) is 20.0 Å². The van der Waals surface area contributed by atoms with Gasteiger partial charge >= 0.3 is 18.3 Å². The molecule has 0 fully saturated rings. The molecule has 158 valence electrons. The Balaban J connectivity index is 2.21. The van der Waals surface area contributed by atoms with Crippen molar-refractivity contribution in [2.45, 2.75) is 25.2 Å². The first-order valence-electron chi connectivity index (χ1n) is 7.80. The molecule has 0 radical (unpaired) electrons. The Hall–Kier alpha value is -2.93. The fourth-order valence-electron chi connectivity index (χ4n) is 2.67. The quantitative estimate of drug-likeness (QED) is 0.593. The van der Waals surface area contributed by atoms with Gasteiger partial charge in [0, 0.05) is 31.5 Å². The van der Waals surface area contributed by atoms with Crippen LogP contribution in [-0.2, 0) is 26.2 Å². The Bertz CT molecular complexity index is 1030. The number of rotatable bonds is 3. The maximum Gasteiger partial charge on any atom is 0.459 e. The number of aromatic nitrogens is 6. The van der Waals surface area contributed by atoms with E-state index in [4.69, 9.17) is 0 Å². The van der Waals surface area contributed by atoms with Gasteiger partial charge in [-0.25, -0.2) is 9.36 Å². The van der Waals surface area contributed by atoms with Gasteiger partial charge in [-0.1, -0.05) is 0 Å². The van der Waals surface area contributed by atoms with Gasteiger partial charge in [0.25, 0.3) is 0 Å². The highest BCUT2D eigenvalue weighted by Gasteiger charge is 2.64. The molecule has 0 amide bonds. The van der Waals surface area contributed by atoms with Crippen LogP contribution in [0.1, 0.15) is 17.0 Å². The molecule has 0 atom stereocenters. The monoisotopic (exact) mass is 428 g/mol. The van der Waals surface area contributed by atoms with Crippen LogP contribution in [0.3, 0.4) is 0 Å². The summed E-state index contributed by atoms with van der Waals surface area (Å²) in [6, 6.07) is 1.60. The maximum absolute atomic E-state index is 13.7. The first-order valence-corrected chi connectivity index (χ1v) is 7.80. The molecule has 0 spiro atoms. The van der Waals surface area contributed by atoms with Gasteiger partial charge in [-0.15, -0.1) is 0 Å². The van der Waals surface area contributed by atoms with Gasteiger partial charge in [-0.05, 0) is 13.0 Å². The average Bonchev–Trinajstić information content (AvgIpc) is 3.23. The maximum atomic E-state index is 13.7. The van der Waals surface area contributed by atoms with Gasteiger partial charge in [0.1, 0.15) is 5.56 Å². The van der Waals surface area contributed by atoms with Crippen LogP contribution in [-0.4, -0.2) is 35.5 Å². The molecule has 0 aliphatic heterocycles. The van der Waals surface area contributed by atoms with Crippen LogP contribution < -0.4 is 0 Å². The van der Waals surface area contributed by atoms with Crippen LogP contribution in [0.2, 0.25) is 0 Å². The third kappa shape index (κ3) is 3.35. The molecule has 29 heavy (non-hydrogen) atoms. The Morgan fingerprint density at radius 3 is 2.00 bits per heavy atom.